The van der Waals surface area contributed by atoms with Crippen molar-refractivity contribution in [1.82, 2.24) is 0 Å². The van der Waals surface area contributed by atoms with Crippen LogP contribution < -0.4 is 0 Å². The van der Waals surface area contributed by atoms with E-state index >= 15 is 0 Å². The summed E-state index contributed by atoms with van der Waals surface area (Å²) in [6.45, 7) is 7.54. The maximum atomic E-state index is 12.6. The minimum atomic E-state index is -3.37. The maximum Gasteiger partial charge on any atom is 0.328 e. The lowest BCUT2D eigenvalue weighted by Crippen LogP contribution is -2.55. The zero-order chi connectivity index (χ0) is 24.2. The Kier molecular flexibility index (Phi) is 20.6. The van der Waals surface area contributed by atoms with Crippen LogP contribution >= 0.6 is 7.60 Å². The van der Waals surface area contributed by atoms with Crippen molar-refractivity contribution in [2.24, 2.45) is 0 Å². The van der Waals surface area contributed by atoms with Crippen molar-refractivity contribution in [2.75, 3.05) is 112 Å². The summed E-state index contributed by atoms with van der Waals surface area (Å²) in [6, 6.07) is 0. The van der Waals surface area contributed by atoms with Gasteiger partial charge in [0, 0.05) is 6.66 Å². The molecule has 31 heavy (non-hydrogen) atoms. The number of rotatable bonds is 20. The Labute approximate surface area is 187 Å². The van der Waals surface area contributed by atoms with Gasteiger partial charge in [-0.3, -0.25) is 4.57 Å². The molecule has 0 heterocycles. The van der Waals surface area contributed by atoms with Gasteiger partial charge in [-0.15, -0.1) is 0 Å². The van der Waals surface area contributed by atoms with Crippen molar-refractivity contribution >= 4 is 7.60 Å². The van der Waals surface area contributed by atoms with E-state index in [9.17, 15) is 35.2 Å². The SMILES string of the molecule is CC.CP(=O)(OCC[N+](CCO)(CCO)CCO)OCC[N+](CCO)(CCO)CCO. The largest absolute Gasteiger partial charge is 0.391 e. The van der Waals surface area contributed by atoms with E-state index in [0.717, 1.165) is 0 Å². The minimum absolute atomic E-state index is 0.0672. The summed E-state index contributed by atoms with van der Waals surface area (Å²) in [5, 5.41) is 55.7. The summed E-state index contributed by atoms with van der Waals surface area (Å²) in [7, 11) is -3.37. The molecule has 0 saturated carbocycles. The van der Waals surface area contributed by atoms with Crippen LogP contribution in [0.1, 0.15) is 13.8 Å². The van der Waals surface area contributed by atoms with E-state index in [1.54, 1.807) is 0 Å². The van der Waals surface area contributed by atoms with Gasteiger partial charge in [-0.05, 0) is 0 Å². The molecular weight excluding hydrogens is 431 g/mol. The molecule has 0 radical (unpaired) electrons. The van der Waals surface area contributed by atoms with Crippen molar-refractivity contribution < 1.29 is 53.2 Å². The number of aliphatic hydroxyl groups is 6. The van der Waals surface area contributed by atoms with Crippen LogP contribution in [0, 0.1) is 0 Å². The third-order valence-electron chi connectivity index (χ3n) is 5.23. The van der Waals surface area contributed by atoms with Crippen LogP contribution in [0.25, 0.3) is 0 Å². The molecule has 12 heteroatoms. The van der Waals surface area contributed by atoms with E-state index in [-0.39, 0.29) is 61.8 Å². The van der Waals surface area contributed by atoms with Crippen molar-refractivity contribution in [3.63, 3.8) is 0 Å². The first-order valence-corrected chi connectivity index (χ1v) is 13.0. The Morgan fingerprint density at radius 2 is 0.774 bits per heavy atom. The van der Waals surface area contributed by atoms with Crippen LogP contribution in [0.3, 0.4) is 0 Å². The molecule has 0 amide bonds. The molecule has 0 aliphatic carbocycles. The van der Waals surface area contributed by atoms with Crippen LogP contribution in [-0.4, -0.2) is 151 Å². The molecule has 0 spiro atoms. The van der Waals surface area contributed by atoms with Crippen LogP contribution in [0.4, 0.5) is 0 Å². The topological polar surface area (TPSA) is 157 Å². The average Bonchev–Trinajstić information content (AvgIpc) is 2.70. The van der Waals surface area contributed by atoms with Gasteiger partial charge in [0.05, 0.1) is 39.6 Å². The Morgan fingerprint density at radius 3 is 0.968 bits per heavy atom. The van der Waals surface area contributed by atoms with Crippen LogP contribution in [0.2, 0.25) is 0 Å². The molecule has 0 aliphatic rings. The first-order valence-electron chi connectivity index (χ1n) is 11.0. The van der Waals surface area contributed by atoms with Gasteiger partial charge in [-0.1, -0.05) is 13.8 Å². The quantitative estimate of drug-likeness (QED) is 0.0901. The van der Waals surface area contributed by atoms with E-state index in [1.165, 1.54) is 6.66 Å². The zero-order valence-electron chi connectivity index (χ0n) is 19.6. The van der Waals surface area contributed by atoms with Crippen molar-refractivity contribution in [3.05, 3.63) is 0 Å². The fraction of sp³-hybridized carbons (Fsp3) is 1.00. The lowest BCUT2D eigenvalue weighted by Gasteiger charge is -2.38. The molecule has 6 N–H and O–H groups in total. The Balaban J connectivity index is 0. The van der Waals surface area contributed by atoms with E-state index < -0.39 is 7.60 Å². The second kappa shape index (κ2) is 19.3. The Hall–Kier alpha value is -0.170. The molecule has 190 valence electrons. The molecule has 0 fully saturated rings. The van der Waals surface area contributed by atoms with E-state index in [1.807, 2.05) is 13.8 Å². The van der Waals surface area contributed by atoms with Crippen molar-refractivity contribution in [3.8, 4) is 0 Å². The summed E-state index contributed by atoms with van der Waals surface area (Å²) in [5.41, 5.74) is 0. The summed E-state index contributed by atoms with van der Waals surface area (Å²) in [6.07, 6.45) is 0. The molecule has 0 saturated heterocycles. The van der Waals surface area contributed by atoms with Crippen molar-refractivity contribution in [1.29, 1.82) is 0 Å². The molecule has 0 unspecified atom stereocenters. The molecule has 0 atom stereocenters. The Bertz CT molecular complexity index is 388. The van der Waals surface area contributed by atoms with Gasteiger partial charge < -0.3 is 48.7 Å². The number of hydrogen-bond acceptors (Lipinski definition) is 9. The molecule has 0 rings (SSSR count). The zero-order valence-corrected chi connectivity index (χ0v) is 20.5. The summed E-state index contributed by atoms with van der Waals surface area (Å²) in [4.78, 5) is 0. The highest BCUT2D eigenvalue weighted by Gasteiger charge is 2.30. The van der Waals surface area contributed by atoms with Crippen LogP contribution in [0.15, 0.2) is 0 Å². The summed E-state index contributed by atoms with van der Waals surface area (Å²) >= 11 is 0. The predicted octanol–water partition coefficient (Wildman–Crippen LogP) is -1.54. The highest BCUT2D eigenvalue weighted by atomic mass is 31.2. The second-order valence-corrected chi connectivity index (χ2v) is 9.31. The van der Waals surface area contributed by atoms with Gasteiger partial charge in [-0.25, -0.2) is 0 Å². The minimum Gasteiger partial charge on any atom is -0.391 e. The summed E-state index contributed by atoms with van der Waals surface area (Å²) in [5.74, 6) is 0. The van der Waals surface area contributed by atoms with Crippen molar-refractivity contribution in [2.45, 2.75) is 13.8 Å². The Morgan fingerprint density at radius 1 is 0.548 bits per heavy atom. The lowest BCUT2D eigenvalue weighted by molar-refractivity contribution is -0.929. The highest BCUT2D eigenvalue weighted by Crippen LogP contribution is 2.43. The van der Waals surface area contributed by atoms with Gasteiger partial charge in [0.25, 0.3) is 0 Å². The van der Waals surface area contributed by atoms with Gasteiger partial charge in [-0.2, -0.15) is 0 Å². The molecular formula is C19H47N2O9P+2. The molecule has 0 aromatic heterocycles. The second-order valence-electron chi connectivity index (χ2n) is 7.25. The highest BCUT2D eigenvalue weighted by molar-refractivity contribution is 7.52. The molecule has 0 bridgehead atoms. The smallest absolute Gasteiger partial charge is 0.328 e. The maximum absolute atomic E-state index is 12.6. The molecule has 0 aromatic rings. The predicted molar refractivity (Wildman–Crippen MR) is 119 cm³/mol. The standard InChI is InChI=1S/C17H41N2O9P.C2H6/c1-29(26,27-16-8-18(2-10-20,3-11-21)4-12-22)28-17-9-19(5-13-23,6-14-24)7-15-25;1-2/h20-25H,2-17H2,1H3;1-2H3/q+2;. The van der Waals surface area contributed by atoms with Gasteiger partial charge >= 0.3 is 7.60 Å². The van der Waals surface area contributed by atoms with Crippen LogP contribution in [-0.2, 0) is 13.6 Å². The first-order chi connectivity index (χ1) is 14.8. The van der Waals surface area contributed by atoms with E-state index in [4.69, 9.17) is 9.05 Å². The van der Waals surface area contributed by atoms with Gasteiger partial charge in [0.1, 0.15) is 65.6 Å². The average molecular weight is 479 g/mol. The lowest BCUT2D eigenvalue weighted by atomic mass is 10.3. The fourth-order valence-electron chi connectivity index (χ4n) is 3.45. The van der Waals surface area contributed by atoms with Gasteiger partial charge in [0.2, 0.25) is 0 Å². The number of quaternary nitrogens is 2. The third kappa shape index (κ3) is 14.6. The monoisotopic (exact) mass is 478 g/mol. The van der Waals surface area contributed by atoms with E-state index in [0.29, 0.717) is 52.4 Å². The molecule has 11 nitrogen and oxygen atoms in total. The number of aliphatic hydroxyl groups excluding tert-OH is 6. The summed E-state index contributed by atoms with van der Waals surface area (Å²) < 4.78 is 23.9. The first kappa shape index (κ1) is 33.0. The normalized spacial score (nSPS) is 12.5. The van der Waals surface area contributed by atoms with E-state index in [2.05, 4.69) is 0 Å². The number of hydrogen-bond donors (Lipinski definition) is 6. The fourth-order valence-corrected chi connectivity index (χ4v) is 4.35. The number of nitrogens with zero attached hydrogens (tertiary/aromatic N) is 2. The molecule has 0 aromatic carbocycles. The molecule has 0 aliphatic heterocycles. The van der Waals surface area contributed by atoms with Gasteiger partial charge in [0.15, 0.2) is 0 Å². The third-order valence-corrected chi connectivity index (χ3v) is 6.53. The van der Waals surface area contributed by atoms with Crippen LogP contribution in [0.5, 0.6) is 0 Å².